The number of halogens is 2. The van der Waals surface area contributed by atoms with Crippen molar-refractivity contribution in [2.75, 3.05) is 25.0 Å². The second-order valence-corrected chi connectivity index (χ2v) is 9.62. The number of hydrogen-bond acceptors (Lipinski definition) is 5. The molecule has 0 unspecified atom stereocenters. The Balaban J connectivity index is 1.48. The number of piperidine rings is 1. The van der Waals surface area contributed by atoms with Gasteiger partial charge in [0.1, 0.15) is 5.82 Å². The average molecular weight is 469 g/mol. The molecule has 1 fully saturated rings. The monoisotopic (exact) mass is 468 g/mol. The molecule has 1 amide bonds. The maximum Gasteiger partial charge on any atom is 0.309 e. The number of ether oxygens (including phenoxy) is 1. The number of benzene rings is 2. The van der Waals surface area contributed by atoms with E-state index in [0.717, 1.165) is 17.7 Å². The molecular weight excluding hydrogens is 447 g/mol. The van der Waals surface area contributed by atoms with Gasteiger partial charge in [0.25, 0.3) is 5.91 Å². The Bertz CT molecular complexity index is 1070. The minimum absolute atomic E-state index is 0.00126. The zero-order chi connectivity index (χ0) is 22.6. The Morgan fingerprint density at radius 2 is 1.81 bits per heavy atom. The zero-order valence-corrected chi connectivity index (χ0v) is 18.4. The van der Waals surface area contributed by atoms with Gasteiger partial charge in [0.05, 0.1) is 21.5 Å². The molecule has 2 aromatic rings. The van der Waals surface area contributed by atoms with Crippen molar-refractivity contribution in [3.05, 3.63) is 58.9 Å². The van der Waals surface area contributed by atoms with Crippen LogP contribution in [0.5, 0.6) is 0 Å². The van der Waals surface area contributed by atoms with Crippen molar-refractivity contribution in [1.29, 1.82) is 0 Å². The molecule has 7 nitrogen and oxygen atoms in total. The molecule has 0 aromatic heterocycles. The number of rotatable bonds is 6. The molecule has 2 aromatic carbocycles. The van der Waals surface area contributed by atoms with E-state index >= 15 is 0 Å². The largest absolute Gasteiger partial charge is 0.455 e. The highest BCUT2D eigenvalue weighted by atomic mass is 35.5. The number of anilines is 1. The van der Waals surface area contributed by atoms with Crippen LogP contribution < -0.4 is 5.32 Å². The van der Waals surface area contributed by atoms with Gasteiger partial charge in [-0.2, -0.15) is 4.31 Å². The number of carbonyl (C=O) groups excluding carboxylic acids is 2. The molecule has 1 aliphatic heterocycles. The molecule has 0 bridgehead atoms. The fraction of sp³-hybridized carbons (Fsp3) is 0.333. The van der Waals surface area contributed by atoms with Crippen molar-refractivity contribution >= 4 is 39.2 Å². The summed E-state index contributed by atoms with van der Waals surface area (Å²) in [5.41, 5.74) is 1.37. The van der Waals surface area contributed by atoms with Crippen LogP contribution in [-0.2, 0) is 24.3 Å². The zero-order valence-electron chi connectivity index (χ0n) is 16.8. The standard InChI is InChI=1S/C21H22ClFN2O5S/c1-14-2-7-19(18(22)12-14)24-20(26)13-30-21(27)15-8-10-25(11-9-15)31(28,29)17-5-3-16(23)4-6-17/h2-7,12,15H,8-11,13H2,1H3,(H,24,26). The predicted molar refractivity (Wildman–Crippen MR) is 114 cm³/mol. The van der Waals surface area contributed by atoms with E-state index in [1.807, 2.05) is 6.92 Å². The average Bonchev–Trinajstić information content (AvgIpc) is 2.74. The lowest BCUT2D eigenvalue weighted by Crippen LogP contribution is -2.40. The van der Waals surface area contributed by atoms with Gasteiger partial charge < -0.3 is 10.1 Å². The van der Waals surface area contributed by atoms with Crippen molar-refractivity contribution < 1.29 is 27.1 Å². The highest BCUT2D eigenvalue weighted by Gasteiger charge is 2.33. The van der Waals surface area contributed by atoms with Crippen LogP contribution in [-0.4, -0.2) is 44.3 Å². The van der Waals surface area contributed by atoms with Crippen LogP contribution in [0.3, 0.4) is 0 Å². The van der Waals surface area contributed by atoms with Gasteiger partial charge in [0.15, 0.2) is 6.61 Å². The van der Waals surface area contributed by atoms with Gasteiger partial charge in [-0.05, 0) is 61.7 Å². The van der Waals surface area contributed by atoms with E-state index in [0.29, 0.717) is 10.7 Å². The first-order valence-electron chi connectivity index (χ1n) is 9.65. The highest BCUT2D eigenvalue weighted by molar-refractivity contribution is 7.89. The van der Waals surface area contributed by atoms with Crippen LogP contribution in [0, 0.1) is 18.7 Å². The Morgan fingerprint density at radius 1 is 1.16 bits per heavy atom. The summed E-state index contributed by atoms with van der Waals surface area (Å²) in [7, 11) is -3.76. The van der Waals surface area contributed by atoms with Crippen LogP contribution >= 0.6 is 11.6 Å². The van der Waals surface area contributed by atoms with Crippen molar-refractivity contribution in [2.24, 2.45) is 5.92 Å². The van der Waals surface area contributed by atoms with E-state index < -0.39 is 40.2 Å². The Morgan fingerprint density at radius 3 is 2.42 bits per heavy atom. The molecule has 1 heterocycles. The summed E-state index contributed by atoms with van der Waals surface area (Å²) in [6.07, 6.45) is 0.537. The number of esters is 1. The van der Waals surface area contributed by atoms with Crippen molar-refractivity contribution in [2.45, 2.75) is 24.7 Å². The third-order valence-electron chi connectivity index (χ3n) is 4.98. The van der Waals surface area contributed by atoms with E-state index in [9.17, 15) is 22.4 Å². The smallest absolute Gasteiger partial charge is 0.309 e. The molecule has 3 rings (SSSR count). The summed E-state index contributed by atoms with van der Waals surface area (Å²) >= 11 is 6.07. The molecule has 0 spiro atoms. The quantitative estimate of drug-likeness (QED) is 0.656. The molecule has 166 valence electrons. The number of aryl methyl sites for hydroxylation is 1. The van der Waals surface area contributed by atoms with Crippen molar-refractivity contribution in [3.8, 4) is 0 Å². The van der Waals surface area contributed by atoms with Gasteiger partial charge in [-0.1, -0.05) is 17.7 Å². The minimum Gasteiger partial charge on any atom is -0.455 e. The van der Waals surface area contributed by atoms with Gasteiger partial charge in [-0.25, -0.2) is 12.8 Å². The first kappa shape index (κ1) is 23.2. The first-order chi connectivity index (χ1) is 14.7. The van der Waals surface area contributed by atoms with Crippen LogP contribution in [0.2, 0.25) is 5.02 Å². The van der Waals surface area contributed by atoms with Gasteiger partial charge in [0, 0.05) is 13.1 Å². The maximum atomic E-state index is 13.0. The molecule has 0 radical (unpaired) electrons. The molecule has 1 N–H and O–H groups in total. The lowest BCUT2D eigenvalue weighted by molar-refractivity contribution is -0.152. The maximum absolute atomic E-state index is 13.0. The normalized spacial score (nSPS) is 15.5. The van der Waals surface area contributed by atoms with E-state index in [1.165, 1.54) is 16.4 Å². The molecule has 1 aliphatic rings. The van der Waals surface area contributed by atoms with Gasteiger partial charge in [0.2, 0.25) is 10.0 Å². The Hall–Kier alpha value is -2.49. The lowest BCUT2D eigenvalue weighted by atomic mass is 9.98. The topological polar surface area (TPSA) is 92.8 Å². The second-order valence-electron chi connectivity index (χ2n) is 7.27. The molecule has 0 atom stereocenters. The minimum atomic E-state index is -3.76. The highest BCUT2D eigenvalue weighted by Crippen LogP contribution is 2.25. The number of sulfonamides is 1. The summed E-state index contributed by atoms with van der Waals surface area (Å²) in [5, 5.41) is 2.97. The van der Waals surface area contributed by atoms with Gasteiger partial charge >= 0.3 is 5.97 Å². The fourth-order valence-corrected chi connectivity index (χ4v) is 5.00. The summed E-state index contributed by atoms with van der Waals surface area (Å²) in [4.78, 5) is 24.3. The predicted octanol–water partition coefficient (Wildman–Crippen LogP) is 3.37. The van der Waals surface area contributed by atoms with E-state index in [4.69, 9.17) is 16.3 Å². The summed E-state index contributed by atoms with van der Waals surface area (Å²) in [6.45, 7) is 1.67. The van der Waals surface area contributed by atoms with Crippen LogP contribution in [0.15, 0.2) is 47.4 Å². The molecule has 31 heavy (non-hydrogen) atoms. The summed E-state index contributed by atoms with van der Waals surface area (Å²) in [5.74, 6) is -2.09. The number of carbonyl (C=O) groups is 2. The van der Waals surface area contributed by atoms with Gasteiger partial charge in [-0.15, -0.1) is 0 Å². The molecule has 1 saturated heterocycles. The number of nitrogens with zero attached hydrogens (tertiary/aromatic N) is 1. The van der Waals surface area contributed by atoms with Crippen molar-refractivity contribution in [3.63, 3.8) is 0 Å². The molecular formula is C21H22ClFN2O5S. The first-order valence-corrected chi connectivity index (χ1v) is 11.5. The Kier molecular flexibility index (Phi) is 7.30. The van der Waals surface area contributed by atoms with Crippen LogP contribution in [0.4, 0.5) is 10.1 Å². The molecule has 10 heteroatoms. The summed E-state index contributed by atoms with van der Waals surface area (Å²) < 4.78 is 44.7. The third-order valence-corrected chi connectivity index (χ3v) is 7.21. The number of nitrogens with one attached hydrogen (secondary N) is 1. The number of hydrogen-bond donors (Lipinski definition) is 1. The molecule has 0 saturated carbocycles. The Labute approximate surface area is 185 Å². The summed E-state index contributed by atoms with van der Waals surface area (Å²) in [6, 6.07) is 9.76. The fourth-order valence-electron chi connectivity index (χ4n) is 3.25. The van der Waals surface area contributed by atoms with Crippen LogP contribution in [0.25, 0.3) is 0 Å². The molecule has 0 aliphatic carbocycles. The third kappa shape index (κ3) is 5.81. The van der Waals surface area contributed by atoms with E-state index in [-0.39, 0.29) is 30.8 Å². The second kappa shape index (κ2) is 9.76. The number of amides is 1. The van der Waals surface area contributed by atoms with E-state index in [1.54, 1.807) is 18.2 Å². The van der Waals surface area contributed by atoms with Gasteiger partial charge in [-0.3, -0.25) is 9.59 Å². The van der Waals surface area contributed by atoms with Crippen LogP contribution in [0.1, 0.15) is 18.4 Å². The SMILES string of the molecule is Cc1ccc(NC(=O)COC(=O)C2CCN(S(=O)(=O)c3ccc(F)cc3)CC2)c(Cl)c1. The van der Waals surface area contributed by atoms with E-state index in [2.05, 4.69) is 5.32 Å². The lowest BCUT2D eigenvalue weighted by Gasteiger charge is -2.30. The van der Waals surface area contributed by atoms with Crippen molar-refractivity contribution in [1.82, 2.24) is 4.31 Å².